The molecule has 1 aliphatic heterocycles. The number of aromatic nitrogens is 3. The third-order valence-electron chi connectivity index (χ3n) is 7.41. The van der Waals surface area contributed by atoms with E-state index in [0.29, 0.717) is 26.3 Å². The van der Waals surface area contributed by atoms with E-state index in [2.05, 4.69) is 11.6 Å². The van der Waals surface area contributed by atoms with Crippen LogP contribution in [0.1, 0.15) is 36.6 Å². The van der Waals surface area contributed by atoms with Gasteiger partial charge in [0.1, 0.15) is 12.4 Å². The van der Waals surface area contributed by atoms with Crippen LogP contribution in [0.15, 0.2) is 119 Å². The first kappa shape index (κ1) is 30.4. The highest BCUT2D eigenvalue weighted by Crippen LogP contribution is 2.32. The molecule has 3 heterocycles. The maximum Gasteiger partial charge on any atom is 0.338 e. The Bertz CT molecular complexity index is 2170. The SMILES string of the molecule is C=CCOC(=O)C1=C(C)N=c2sc(=Cc3cn(-c4ccccc4)nc3-c3ccc(C)cc3)c(=O)n2C1c1ccc(OC(C)=O)cc1. The average molecular weight is 631 g/mol. The van der Waals surface area contributed by atoms with Gasteiger partial charge in [-0.1, -0.05) is 84.2 Å². The van der Waals surface area contributed by atoms with Gasteiger partial charge in [0.2, 0.25) is 0 Å². The molecule has 0 N–H and O–H groups in total. The molecule has 6 rings (SSSR count). The Morgan fingerprint density at radius 3 is 2.39 bits per heavy atom. The summed E-state index contributed by atoms with van der Waals surface area (Å²) < 4.78 is 14.4. The molecule has 3 aromatic carbocycles. The number of esters is 2. The van der Waals surface area contributed by atoms with Crippen molar-refractivity contribution in [1.82, 2.24) is 14.3 Å². The molecule has 0 saturated carbocycles. The van der Waals surface area contributed by atoms with E-state index in [1.165, 1.54) is 28.9 Å². The van der Waals surface area contributed by atoms with Gasteiger partial charge < -0.3 is 9.47 Å². The maximum absolute atomic E-state index is 14.3. The van der Waals surface area contributed by atoms with Crippen LogP contribution in [-0.2, 0) is 14.3 Å². The van der Waals surface area contributed by atoms with Gasteiger partial charge in [-0.25, -0.2) is 14.5 Å². The lowest BCUT2D eigenvalue weighted by Gasteiger charge is -2.24. The fourth-order valence-corrected chi connectivity index (χ4v) is 6.31. The quantitative estimate of drug-likeness (QED) is 0.135. The first-order valence-electron chi connectivity index (χ1n) is 14.5. The predicted molar refractivity (Wildman–Crippen MR) is 176 cm³/mol. The smallest absolute Gasteiger partial charge is 0.338 e. The third-order valence-corrected chi connectivity index (χ3v) is 8.39. The minimum absolute atomic E-state index is 0.00529. The zero-order valence-corrected chi connectivity index (χ0v) is 26.3. The zero-order chi connectivity index (χ0) is 32.4. The highest BCUT2D eigenvalue weighted by atomic mass is 32.1. The molecule has 0 amide bonds. The van der Waals surface area contributed by atoms with E-state index in [9.17, 15) is 14.4 Å². The van der Waals surface area contributed by atoms with E-state index in [-0.39, 0.29) is 17.7 Å². The molecule has 10 heteroatoms. The van der Waals surface area contributed by atoms with Gasteiger partial charge in [-0.15, -0.1) is 0 Å². The number of rotatable bonds is 8. The summed E-state index contributed by atoms with van der Waals surface area (Å²) in [5.74, 6) is -0.708. The summed E-state index contributed by atoms with van der Waals surface area (Å²) in [7, 11) is 0. The largest absolute Gasteiger partial charge is 0.458 e. The highest BCUT2D eigenvalue weighted by Gasteiger charge is 2.33. The molecule has 0 radical (unpaired) electrons. The molecular weight excluding hydrogens is 600 g/mol. The number of benzene rings is 3. The molecule has 0 aliphatic carbocycles. The van der Waals surface area contributed by atoms with Crippen LogP contribution in [0.4, 0.5) is 0 Å². The molecule has 0 fully saturated rings. The number of para-hydroxylation sites is 1. The van der Waals surface area contributed by atoms with E-state index < -0.39 is 18.0 Å². The molecule has 1 unspecified atom stereocenters. The molecule has 9 nitrogen and oxygen atoms in total. The predicted octanol–water partition coefficient (Wildman–Crippen LogP) is 5.05. The zero-order valence-electron chi connectivity index (χ0n) is 25.5. The lowest BCUT2D eigenvalue weighted by molar-refractivity contribution is -0.138. The lowest BCUT2D eigenvalue weighted by Crippen LogP contribution is -2.39. The first-order chi connectivity index (χ1) is 22.2. The number of nitrogens with zero attached hydrogens (tertiary/aromatic N) is 4. The monoisotopic (exact) mass is 630 g/mol. The Balaban J connectivity index is 1.53. The summed E-state index contributed by atoms with van der Waals surface area (Å²) in [5, 5.41) is 4.90. The van der Waals surface area contributed by atoms with Crippen LogP contribution in [0, 0.1) is 6.92 Å². The maximum atomic E-state index is 14.3. The average Bonchev–Trinajstić information content (AvgIpc) is 3.60. The summed E-state index contributed by atoms with van der Waals surface area (Å²) >= 11 is 1.23. The van der Waals surface area contributed by atoms with E-state index in [1.807, 2.05) is 73.8 Å². The van der Waals surface area contributed by atoms with Crippen LogP contribution in [-0.4, -0.2) is 32.9 Å². The number of aryl methyl sites for hydroxylation is 1. The van der Waals surface area contributed by atoms with Crippen LogP contribution in [0.3, 0.4) is 0 Å². The van der Waals surface area contributed by atoms with Gasteiger partial charge >= 0.3 is 11.9 Å². The van der Waals surface area contributed by atoms with E-state index >= 15 is 0 Å². The number of hydrogen-bond acceptors (Lipinski definition) is 8. The van der Waals surface area contributed by atoms with Crippen molar-refractivity contribution in [3.8, 4) is 22.7 Å². The van der Waals surface area contributed by atoms with E-state index in [4.69, 9.17) is 14.6 Å². The van der Waals surface area contributed by atoms with Crippen molar-refractivity contribution >= 4 is 29.4 Å². The van der Waals surface area contributed by atoms with Crippen LogP contribution in [0.5, 0.6) is 5.75 Å². The number of thiazole rings is 1. The molecule has 0 spiro atoms. The fraction of sp³-hybridized carbons (Fsp3) is 0.139. The molecule has 2 aromatic heterocycles. The standard InChI is InChI=1S/C36H30N4O5S/c1-5-19-44-35(43)31-23(3)37-36-40(33(31)26-15-17-29(18-16-26)45-24(4)41)34(42)30(46-36)20-27-21-39(28-9-7-6-8-10-28)38-32(27)25-13-11-22(2)12-14-25/h5-18,20-21,33H,1,19H2,2-4H3. The normalized spacial score (nSPS) is 14.4. The van der Waals surface area contributed by atoms with Gasteiger partial charge in [-0.05, 0) is 49.8 Å². The summed E-state index contributed by atoms with van der Waals surface area (Å²) in [6.45, 7) is 8.71. The third kappa shape index (κ3) is 6.02. The van der Waals surface area contributed by atoms with Crippen molar-refractivity contribution in [3.05, 3.63) is 145 Å². The molecule has 1 aliphatic rings. The molecule has 46 heavy (non-hydrogen) atoms. The molecular formula is C36H30N4O5S. The Labute approximate surface area is 268 Å². The van der Waals surface area contributed by atoms with Crippen LogP contribution < -0.4 is 19.6 Å². The van der Waals surface area contributed by atoms with Gasteiger partial charge in [0.05, 0.1) is 33.2 Å². The molecule has 1 atom stereocenters. The minimum Gasteiger partial charge on any atom is -0.458 e. The van der Waals surface area contributed by atoms with Crippen molar-refractivity contribution in [2.45, 2.75) is 26.8 Å². The number of carbonyl (C=O) groups is 2. The van der Waals surface area contributed by atoms with Gasteiger partial charge in [0.15, 0.2) is 4.80 Å². The second-order valence-electron chi connectivity index (χ2n) is 10.7. The molecule has 230 valence electrons. The Hall–Kier alpha value is -5.61. The van der Waals surface area contributed by atoms with Gasteiger partial charge in [0.25, 0.3) is 5.56 Å². The van der Waals surface area contributed by atoms with Crippen molar-refractivity contribution in [2.24, 2.45) is 4.99 Å². The minimum atomic E-state index is -0.828. The summed E-state index contributed by atoms with van der Waals surface area (Å²) in [6.07, 6.45) is 5.20. The van der Waals surface area contributed by atoms with Crippen molar-refractivity contribution in [2.75, 3.05) is 6.61 Å². The van der Waals surface area contributed by atoms with Crippen molar-refractivity contribution < 1.29 is 19.1 Å². The highest BCUT2D eigenvalue weighted by molar-refractivity contribution is 7.07. The van der Waals surface area contributed by atoms with Gasteiger partial charge in [-0.2, -0.15) is 5.10 Å². The number of allylic oxidation sites excluding steroid dienone is 1. The molecule has 0 bridgehead atoms. The van der Waals surface area contributed by atoms with Crippen LogP contribution >= 0.6 is 11.3 Å². The summed E-state index contributed by atoms with van der Waals surface area (Å²) in [5.41, 5.74) is 5.37. The fourth-order valence-electron chi connectivity index (χ4n) is 5.28. The second kappa shape index (κ2) is 12.8. The topological polar surface area (TPSA) is 105 Å². The Morgan fingerprint density at radius 1 is 1.00 bits per heavy atom. The van der Waals surface area contributed by atoms with Gasteiger partial charge in [-0.3, -0.25) is 14.2 Å². The molecule has 5 aromatic rings. The van der Waals surface area contributed by atoms with E-state index in [1.54, 1.807) is 35.9 Å². The lowest BCUT2D eigenvalue weighted by atomic mass is 9.96. The first-order valence-corrected chi connectivity index (χ1v) is 15.4. The van der Waals surface area contributed by atoms with Crippen molar-refractivity contribution in [1.29, 1.82) is 0 Å². The Morgan fingerprint density at radius 2 is 1.72 bits per heavy atom. The van der Waals surface area contributed by atoms with E-state index in [0.717, 1.165) is 28.1 Å². The summed E-state index contributed by atoms with van der Waals surface area (Å²) in [6, 6.07) is 23.7. The summed E-state index contributed by atoms with van der Waals surface area (Å²) in [4.78, 5) is 44.2. The van der Waals surface area contributed by atoms with Crippen molar-refractivity contribution in [3.63, 3.8) is 0 Å². The van der Waals surface area contributed by atoms with Crippen LogP contribution in [0.2, 0.25) is 0 Å². The van der Waals surface area contributed by atoms with Gasteiger partial charge in [0, 0.05) is 24.2 Å². The number of ether oxygens (including phenoxy) is 2. The molecule has 0 saturated heterocycles. The number of fused-ring (bicyclic) bond motifs is 1. The Kier molecular flexibility index (Phi) is 8.45. The number of hydrogen-bond donors (Lipinski definition) is 0. The second-order valence-corrected chi connectivity index (χ2v) is 11.7. The number of carbonyl (C=O) groups excluding carboxylic acids is 2. The van der Waals surface area contributed by atoms with Crippen LogP contribution in [0.25, 0.3) is 23.0 Å².